The zero-order valence-corrected chi connectivity index (χ0v) is 34.0. The molecule has 0 aromatic carbocycles. The minimum atomic E-state index is 0. The lowest BCUT2D eigenvalue weighted by Gasteiger charge is -2.22. The molecular weight excluding hydrogens is 692 g/mol. The van der Waals surface area contributed by atoms with Crippen molar-refractivity contribution in [3.05, 3.63) is 60.3 Å². The van der Waals surface area contributed by atoms with Gasteiger partial charge in [-0.15, -0.1) is 34.0 Å². The van der Waals surface area contributed by atoms with Crippen LogP contribution in [0.2, 0.25) is 0 Å². The molecule has 2 heterocycles. The molecule has 0 amide bonds. The molecule has 46 heavy (non-hydrogen) atoms. The number of allylic oxidation sites excluding steroid dienone is 6. The van der Waals surface area contributed by atoms with Gasteiger partial charge in [0.25, 0.3) is 0 Å². The van der Waals surface area contributed by atoms with Crippen molar-refractivity contribution in [2.45, 2.75) is 194 Å². The van der Waals surface area contributed by atoms with Crippen molar-refractivity contribution < 1.29 is 0 Å². The molecule has 4 heteroatoms. The first-order chi connectivity index (χ1) is 21.8. The standard InChI is InChI=1S/C42H74N2.2BrH/c1-3-5-7-9-11-13-15-17-19-21-23-25-27-29-35-43-37-31-41(32-38-43)42-33-39-44(40-34-42)36-30-28-26-24-22-20-18-16-14-12-10-8-6-4-2;;/h31-34,37-40H,3-30,35-36H2,1-2H3;2*1H. The summed E-state index contributed by atoms with van der Waals surface area (Å²) in [4.78, 5) is 4.73. The average Bonchev–Trinajstić information content (AvgIpc) is 3.05. The van der Waals surface area contributed by atoms with Crippen LogP contribution in [-0.4, -0.2) is 22.9 Å². The van der Waals surface area contributed by atoms with Gasteiger partial charge in [-0.3, -0.25) is 0 Å². The molecule has 268 valence electrons. The van der Waals surface area contributed by atoms with Crippen LogP contribution in [-0.2, 0) is 0 Å². The van der Waals surface area contributed by atoms with E-state index in [1.54, 1.807) is 0 Å². The van der Waals surface area contributed by atoms with Gasteiger partial charge in [0.2, 0.25) is 0 Å². The first-order valence-electron chi connectivity index (χ1n) is 19.8. The smallest absolute Gasteiger partial charge is 0.0219 e. The number of unbranched alkanes of at least 4 members (excludes halogenated alkanes) is 26. The maximum absolute atomic E-state index is 2.36. The maximum atomic E-state index is 2.36. The van der Waals surface area contributed by atoms with Gasteiger partial charge in [0.1, 0.15) is 0 Å². The largest absolute Gasteiger partial charge is 0.354 e. The fourth-order valence-corrected chi connectivity index (χ4v) is 6.58. The molecule has 0 radical (unpaired) electrons. The Kier molecular flexibility index (Phi) is 33.6. The number of halogens is 2. The average molecular weight is 769 g/mol. The van der Waals surface area contributed by atoms with Gasteiger partial charge >= 0.3 is 0 Å². The molecule has 2 aliphatic heterocycles. The topological polar surface area (TPSA) is 6.48 Å². The molecule has 2 rings (SSSR count). The quantitative estimate of drug-likeness (QED) is 0.0672. The Balaban J connectivity index is 0.0000101. The van der Waals surface area contributed by atoms with Crippen LogP contribution >= 0.6 is 34.0 Å². The molecule has 0 aromatic rings. The van der Waals surface area contributed by atoms with Crippen molar-refractivity contribution in [2.24, 2.45) is 0 Å². The van der Waals surface area contributed by atoms with Gasteiger partial charge in [-0.25, -0.2) is 0 Å². The van der Waals surface area contributed by atoms with Crippen LogP contribution < -0.4 is 0 Å². The van der Waals surface area contributed by atoms with Gasteiger partial charge in [0.15, 0.2) is 0 Å². The van der Waals surface area contributed by atoms with Crippen LogP contribution in [0, 0.1) is 0 Å². The minimum Gasteiger partial charge on any atom is -0.354 e. The van der Waals surface area contributed by atoms with Crippen molar-refractivity contribution >= 4 is 34.0 Å². The molecule has 0 aliphatic carbocycles. The van der Waals surface area contributed by atoms with Crippen molar-refractivity contribution in [1.82, 2.24) is 9.80 Å². The Morgan fingerprint density at radius 1 is 0.304 bits per heavy atom. The molecule has 0 fully saturated rings. The SMILES string of the molecule is Br.Br.CCCCCCCCCCCCCCCCN1C=CC(=C2C=CN(CCCCCCCCCCCCCCCC)C=C2)C=C1. The molecule has 2 nitrogen and oxygen atoms in total. The van der Waals surface area contributed by atoms with Crippen LogP contribution in [0.25, 0.3) is 0 Å². The van der Waals surface area contributed by atoms with Crippen molar-refractivity contribution in [3.8, 4) is 0 Å². The zero-order chi connectivity index (χ0) is 31.2. The van der Waals surface area contributed by atoms with E-state index in [1.807, 2.05) is 0 Å². The third-order valence-corrected chi connectivity index (χ3v) is 9.66. The van der Waals surface area contributed by atoms with Gasteiger partial charge in [0.05, 0.1) is 0 Å². The van der Waals surface area contributed by atoms with Crippen molar-refractivity contribution in [2.75, 3.05) is 13.1 Å². The fraction of sp³-hybridized carbons (Fsp3) is 0.762. The molecule has 0 aromatic heterocycles. The molecule has 0 unspecified atom stereocenters. The summed E-state index contributed by atoms with van der Waals surface area (Å²) >= 11 is 0. The van der Waals surface area contributed by atoms with Gasteiger partial charge in [-0.2, -0.15) is 0 Å². The third kappa shape index (κ3) is 25.3. The van der Waals surface area contributed by atoms with Gasteiger partial charge in [-0.1, -0.05) is 181 Å². The van der Waals surface area contributed by atoms with E-state index >= 15 is 0 Å². The highest BCUT2D eigenvalue weighted by molar-refractivity contribution is 8.93. The number of rotatable bonds is 30. The van der Waals surface area contributed by atoms with Crippen LogP contribution in [0.4, 0.5) is 0 Å². The lowest BCUT2D eigenvalue weighted by Crippen LogP contribution is -2.15. The Hall–Kier alpha value is -0.740. The van der Waals surface area contributed by atoms with Crippen LogP contribution in [0.5, 0.6) is 0 Å². The number of hydrogen-bond donors (Lipinski definition) is 0. The Bertz CT molecular complexity index is 714. The Morgan fingerprint density at radius 3 is 0.717 bits per heavy atom. The molecule has 0 saturated carbocycles. The van der Waals surface area contributed by atoms with Crippen molar-refractivity contribution in [3.63, 3.8) is 0 Å². The molecule has 0 bridgehead atoms. The highest BCUT2D eigenvalue weighted by Gasteiger charge is 2.07. The minimum absolute atomic E-state index is 0. The predicted molar refractivity (Wildman–Crippen MR) is 218 cm³/mol. The van der Waals surface area contributed by atoms with E-state index < -0.39 is 0 Å². The lowest BCUT2D eigenvalue weighted by atomic mass is 10.0. The monoisotopic (exact) mass is 766 g/mol. The first kappa shape index (κ1) is 45.3. The van der Waals surface area contributed by atoms with E-state index in [0.29, 0.717) is 0 Å². The van der Waals surface area contributed by atoms with E-state index in [2.05, 4.69) is 72.8 Å². The number of hydrogen-bond acceptors (Lipinski definition) is 2. The highest BCUT2D eigenvalue weighted by atomic mass is 79.9. The second-order valence-electron chi connectivity index (χ2n) is 13.8. The van der Waals surface area contributed by atoms with E-state index in [4.69, 9.17) is 0 Å². The summed E-state index contributed by atoms with van der Waals surface area (Å²) in [5.74, 6) is 0. The second-order valence-corrected chi connectivity index (χ2v) is 13.8. The van der Waals surface area contributed by atoms with Gasteiger partial charge < -0.3 is 9.80 Å². The lowest BCUT2D eigenvalue weighted by molar-refractivity contribution is 0.459. The molecule has 0 saturated heterocycles. The predicted octanol–water partition coefficient (Wildman–Crippen LogP) is 15.1. The van der Waals surface area contributed by atoms with Gasteiger partial charge in [0, 0.05) is 37.9 Å². The summed E-state index contributed by atoms with van der Waals surface area (Å²) in [5.41, 5.74) is 2.65. The maximum Gasteiger partial charge on any atom is 0.0219 e. The van der Waals surface area contributed by atoms with E-state index in [-0.39, 0.29) is 34.0 Å². The molecule has 0 atom stereocenters. The summed E-state index contributed by atoms with van der Waals surface area (Å²) in [6, 6.07) is 0. The Labute approximate surface area is 309 Å². The van der Waals surface area contributed by atoms with Crippen LogP contribution in [0.15, 0.2) is 60.3 Å². The third-order valence-electron chi connectivity index (χ3n) is 9.66. The second kappa shape index (κ2) is 34.1. The van der Waals surface area contributed by atoms with Crippen LogP contribution in [0.3, 0.4) is 0 Å². The normalized spacial score (nSPS) is 13.9. The molecule has 0 spiro atoms. The summed E-state index contributed by atoms with van der Waals surface area (Å²) in [6.45, 7) is 6.89. The Morgan fingerprint density at radius 2 is 0.500 bits per heavy atom. The van der Waals surface area contributed by atoms with E-state index in [9.17, 15) is 0 Å². The van der Waals surface area contributed by atoms with E-state index in [1.165, 1.54) is 191 Å². The zero-order valence-electron chi connectivity index (χ0n) is 30.5. The summed E-state index contributed by atoms with van der Waals surface area (Å²) in [5, 5.41) is 0. The number of nitrogens with zero attached hydrogens (tertiary/aromatic N) is 2. The van der Waals surface area contributed by atoms with Crippen LogP contribution in [0.1, 0.15) is 194 Å². The van der Waals surface area contributed by atoms with Crippen molar-refractivity contribution in [1.29, 1.82) is 0 Å². The van der Waals surface area contributed by atoms with E-state index in [0.717, 1.165) is 13.1 Å². The molecule has 2 aliphatic rings. The molecular formula is C42H76Br2N2. The fourth-order valence-electron chi connectivity index (χ4n) is 6.58. The summed E-state index contributed by atoms with van der Waals surface area (Å²) in [7, 11) is 0. The summed E-state index contributed by atoms with van der Waals surface area (Å²) in [6.07, 6.45) is 58.1. The highest BCUT2D eigenvalue weighted by Crippen LogP contribution is 2.21. The van der Waals surface area contributed by atoms with Gasteiger partial charge in [-0.05, 0) is 48.3 Å². The summed E-state index contributed by atoms with van der Waals surface area (Å²) < 4.78 is 0. The first-order valence-corrected chi connectivity index (χ1v) is 19.8. The molecule has 0 N–H and O–H groups in total.